The number of hydrogen-bond donors (Lipinski definition) is 1. The summed E-state index contributed by atoms with van der Waals surface area (Å²) in [6, 6.07) is 7.86. The van der Waals surface area contributed by atoms with Crippen molar-refractivity contribution < 1.29 is 9.53 Å². The summed E-state index contributed by atoms with van der Waals surface area (Å²) in [4.78, 5) is 13.6. The maximum absolute atomic E-state index is 12.3. The lowest BCUT2D eigenvalue weighted by Crippen LogP contribution is -2.42. The van der Waals surface area contributed by atoms with E-state index in [9.17, 15) is 4.79 Å². The van der Waals surface area contributed by atoms with Crippen LogP contribution in [0.3, 0.4) is 0 Å². The first-order chi connectivity index (χ1) is 13.0. The Kier molecular flexibility index (Phi) is 6.42. The summed E-state index contributed by atoms with van der Waals surface area (Å²) in [7, 11) is 0. The molecule has 0 aliphatic heterocycles. The van der Waals surface area contributed by atoms with Crippen LogP contribution in [0.4, 0.5) is 0 Å². The third-order valence-corrected chi connectivity index (χ3v) is 4.89. The molecule has 0 saturated heterocycles. The molecule has 1 aliphatic rings. The van der Waals surface area contributed by atoms with Crippen LogP contribution in [0, 0.1) is 11.8 Å². The Morgan fingerprint density at radius 3 is 2.70 bits per heavy atom. The van der Waals surface area contributed by atoms with Crippen molar-refractivity contribution in [2.45, 2.75) is 59.0 Å². The molecule has 1 heterocycles. The second kappa shape index (κ2) is 8.97. The van der Waals surface area contributed by atoms with E-state index in [1.807, 2.05) is 24.3 Å². The van der Waals surface area contributed by atoms with Crippen molar-refractivity contribution in [1.82, 2.24) is 25.5 Å². The minimum Gasteiger partial charge on any atom is -0.493 e. The number of hydrogen-bond acceptors (Lipinski definition) is 5. The zero-order chi connectivity index (χ0) is 19.2. The topological polar surface area (TPSA) is 81.9 Å². The average Bonchev–Trinajstić information content (AvgIpc) is 3.10. The molecule has 0 radical (unpaired) electrons. The Bertz CT molecular complexity index is 741. The minimum atomic E-state index is -0.0601. The zero-order valence-electron chi connectivity index (χ0n) is 16.4. The lowest BCUT2D eigenvalue weighted by Gasteiger charge is -2.29. The summed E-state index contributed by atoms with van der Waals surface area (Å²) in [5.74, 6) is 2.27. The third kappa shape index (κ3) is 5.52. The number of amides is 1. The molecular weight excluding hydrogens is 342 g/mol. The molecule has 2 aromatic rings. The van der Waals surface area contributed by atoms with Gasteiger partial charge in [0.1, 0.15) is 12.3 Å². The van der Waals surface area contributed by atoms with Gasteiger partial charge in [0, 0.05) is 11.6 Å². The van der Waals surface area contributed by atoms with E-state index in [0.717, 1.165) is 17.7 Å². The number of aromatic nitrogens is 4. The Hall–Kier alpha value is -2.44. The van der Waals surface area contributed by atoms with Crippen LogP contribution in [0.5, 0.6) is 5.75 Å². The van der Waals surface area contributed by atoms with Gasteiger partial charge in [-0.3, -0.25) is 4.79 Å². The third-order valence-electron chi connectivity index (χ3n) is 4.89. The smallest absolute Gasteiger partial charge is 0.243 e. The Morgan fingerprint density at radius 1 is 1.26 bits per heavy atom. The van der Waals surface area contributed by atoms with Gasteiger partial charge in [-0.1, -0.05) is 33.6 Å². The van der Waals surface area contributed by atoms with Gasteiger partial charge < -0.3 is 10.1 Å². The van der Waals surface area contributed by atoms with E-state index >= 15 is 0 Å². The lowest BCUT2D eigenvalue weighted by molar-refractivity contribution is -0.123. The second-order valence-electron chi connectivity index (χ2n) is 7.81. The summed E-state index contributed by atoms with van der Waals surface area (Å²) in [5, 5.41) is 15.5. The van der Waals surface area contributed by atoms with Crippen molar-refractivity contribution in [1.29, 1.82) is 0 Å². The molecule has 2 atom stereocenters. The van der Waals surface area contributed by atoms with Crippen LogP contribution in [0.1, 0.15) is 46.5 Å². The number of nitrogens with one attached hydrogen (secondary N) is 1. The molecule has 146 valence electrons. The highest BCUT2D eigenvalue weighted by molar-refractivity contribution is 5.75. The summed E-state index contributed by atoms with van der Waals surface area (Å²) in [6.45, 7) is 7.20. The van der Waals surface area contributed by atoms with Gasteiger partial charge in [0.05, 0.1) is 6.61 Å². The first-order valence-corrected chi connectivity index (χ1v) is 9.81. The number of carbonyl (C=O) groups excluding carboxylic acids is 1. The predicted octanol–water partition coefficient (Wildman–Crippen LogP) is 3.07. The van der Waals surface area contributed by atoms with E-state index in [-0.39, 0.29) is 18.5 Å². The van der Waals surface area contributed by atoms with Gasteiger partial charge in [-0.15, -0.1) is 10.2 Å². The van der Waals surface area contributed by atoms with E-state index in [1.54, 1.807) is 0 Å². The summed E-state index contributed by atoms with van der Waals surface area (Å²) in [6.07, 6.45) is 4.66. The highest BCUT2D eigenvalue weighted by Crippen LogP contribution is 2.23. The van der Waals surface area contributed by atoms with Crippen LogP contribution >= 0.6 is 0 Å². The van der Waals surface area contributed by atoms with Gasteiger partial charge in [-0.2, -0.15) is 4.80 Å². The van der Waals surface area contributed by atoms with Gasteiger partial charge in [0.15, 0.2) is 0 Å². The van der Waals surface area contributed by atoms with Crippen molar-refractivity contribution in [2.75, 3.05) is 6.61 Å². The maximum Gasteiger partial charge on any atom is 0.243 e. The van der Waals surface area contributed by atoms with Crippen molar-refractivity contribution in [3.05, 3.63) is 24.3 Å². The highest BCUT2D eigenvalue weighted by Gasteiger charge is 2.23. The predicted molar refractivity (Wildman–Crippen MR) is 103 cm³/mol. The number of rotatable bonds is 7. The van der Waals surface area contributed by atoms with Gasteiger partial charge >= 0.3 is 0 Å². The highest BCUT2D eigenvalue weighted by atomic mass is 16.5. The van der Waals surface area contributed by atoms with Crippen LogP contribution in [0.15, 0.2) is 24.3 Å². The van der Waals surface area contributed by atoms with Crippen LogP contribution in [-0.4, -0.2) is 38.8 Å². The monoisotopic (exact) mass is 371 g/mol. The summed E-state index contributed by atoms with van der Waals surface area (Å²) < 4.78 is 5.68. The first kappa shape index (κ1) is 19.3. The zero-order valence-corrected chi connectivity index (χ0v) is 16.4. The van der Waals surface area contributed by atoms with Crippen molar-refractivity contribution >= 4 is 5.91 Å². The normalized spacial score (nSPS) is 19.9. The van der Waals surface area contributed by atoms with Crippen LogP contribution in [-0.2, 0) is 11.3 Å². The SMILES string of the molecule is CC(C)COc1ccc(-c2nnn(CC(=O)N[C@@H]3CCCC[C@@H]3C)n2)cc1. The molecule has 1 fully saturated rings. The fraction of sp³-hybridized carbons (Fsp3) is 0.600. The molecule has 1 amide bonds. The molecular formula is C20H29N5O2. The molecule has 7 nitrogen and oxygen atoms in total. The van der Waals surface area contributed by atoms with Gasteiger partial charge in [-0.05, 0) is 54.2 Å². The van der Waals surface area contributed by atoms with Crippen molar-refractivity contribution in [3.63, 3.8) is 0 Å². The van der Waals surface area contributed by atoms with E-state index in [4.69, 9.17) is 4.74 Å². The Balaban J connectivity index is 1.55. The number of ether oxygens (including phenoxy) is 1. The van der Waals surface area contributed by atoms with Crippen LogP contribution in [0.25, 0.3) is 11.4 Å². The van der Waals surface area contributed by atoms with Gasteiger partial charge in [0.2, 0.25) is 11.7 Å². The Morgan fingerprint density at radius 2 is 2.00 bits per heavy atom. The second-order valence-corrected chi connectivity index (χ2v) is 7.81. The number of nitrogens with zero attached hydrogens (tertiary/aromatic N) is 4. The van der Waals surface area contributed by atoms with Crippen molar-refractivity contribution in [2.24, 2.45) is 11.8 Å². The standard InChI is InChI=1S/C20H29N5O2/c1-14(2)13-27-17-10-8-16(9-11-17)20-22-24-25(23-20)12-19(26)21-18-7-5-4-6-15(18)3/h8-11,14-15,18H,4-7,12-13H2,1-3H3,(H,21,26)/t15-,18+/m0/s1. The van der Waals surface area contributed by atoms with Gasteiger partial charge in [0.25, 0.3) is 0 Å². The molecule has 1 N–H and O–H groups in total. The van der Waals surface area contributed by atoms with Crippen LogP contribution in [0.2, 0.25) is 0 Å². The number of benzene rings is 1. The molecule has 0 bridgehead atoms. The van der Waals surface area contributed by atoms with Gasteiger partial charge in [-0.25, -0.2) is 0 Å². The molecule has 3 rings (SSSR count). The van der Waals surface area contributed by atoms with E-state index in [1.165, 1.54) is 24.1 Å². The molecule has 1 aliphatic carbocycles. The van der Waals surface area contributed by atoms with E-state index < -0.39 is 0 Å². The largest absolute Gasteiger partial charge is 0.493 e. The first-order valence-electron chi connectivity index (χ1n) is 9.81. The molecule has 0 unspecified atom stereocenters. The molecule has 1 aromatic carbocycles. The molecule has 27 heavy (non-hydrogen) atoms. The maximum atomic E-state index is 12.3. The Labute approximate surface area is 160 Å². The molecule has 1 saturated carbocycles. The van der Waals surface area contributed by atoms with Crippen LogP contribution < -0.4 is 10.1 Å². The van der Waals surface area contributed by atoms with E-state index in [0.29, 0.717) is 24.3 Å². The summed E-state index contributed by atoms with van der Waals surface area (Å²) in [5.41, 5.74) is 0.847. The molecule has 1 aromatic heterocycles. The molecule has 7 heteroatoms. The average molecular weight is 371 g/mol. The summed E-state index contributed by atoms with van der Waals surface area (Å²) >= 11 is 0. The van der Waals surface area contributed by atoms with E-state index in [2.05, 4.69) is 41.5 Å². The number of tetrazole rings is 1. The minimum absolute atomic E-state index is 0.0601. The lowest BCUT2D eigenvalue weighted by atomic mass is 9.86. The fourth-order valence-electron chi connectivity index (χ4n) is 3.30. The quantitative estimate of drug-likeness (QED) is 0.809. The van der Waals surface area contributed by atoms with Crippen molar-refractivity contribution in [3.8, 4) is 17.1 Å². The fourth-order valence-corrected chi connectivity index (χ4v) is 3.30. The molecule has 0 spiro atoms. The number of carbonyl (C=O) groups is 1.